The van der Waals surface area contributed by atoms with E-state index in [-0.39, 0.29) is 11.5 Å². The van der Waals surface area contributed by atoms with Gasteiger partial charge in [0, 0.05) is 25.7 Å². The average Bonchev–Trinajstić information content (AvgIpc) is 3.34. The van der Waals surface area contributed by atoms with Crippen LogP contribution in [0.5, 0.6) is 0 Å². The fraction of sp³-hybridized carbons (Fsp3) is 0.235. The van der Waals surface area contributed by atoms with E-state index in [9.17, 15) is 10.1 Å². The average molecular weight is 410 g/mol. The van der Waals surface area contributed by atoms with Crippen LogP contribution in [0.15, 0.2) is 35.4 Å². The maximum atomic E-state index is 10.7. The second-order valence-electron chi connectivity index (χ2n) is 6.24. The molecule has 0 aliphatic rings. The number of imidazole rings is 1. The Labute approximate surface area is 169 Å². The molecule has 4 aromatic rings. The fourth-order valence-corrected chi connectivity index (χ4v) is 3.04. The lowest BCUT2D eigenvalue weighted by Crippen LogP contribution is -2.15. The van der Waals surface area contributed by atoms with Gasteiger partial charge < -0.3 is 20.9 Å². The van der Waals surface area contributed by atoms with E-state index in [1.165, 1.54) is 12.3 Å². The number of hydrogen-bond donors (Lipinski definition) is 3. The van der Waals surface area contributed by atoms with E-state index in [1.807, 2.05) is 11.5 Å². The van der Waals surface area contributed by atoms with E-state index in [2.05, 4.69) is 35.9 Å². The van der Waals surface area contributed by atoms with E-state index in [4.69, 9.17) is 10.4 Å². The minimum atomic E-state index is -0.486. The zero-order valence-corrected chi connectivity index (χ0v) is 15.9. The molecule has 4 aromatic heterocycles. The van der Waals surface area contributed by atoms with Crippen molar-refractivity contribution in [2.24, 2.45) is 0 Å². The van der Waals surface area contributed by atoms with Crippen LogP contribution in [0.2, 0.25) is 0 Å². The van der Waals surface area contributed by atoms with Gasteiger partial charge in [-0.15, -0.1) is 0 Å². The highest BCUT2D eigenvalue weighted by molar-refractivity contribution is 5.90. The van der Waals surface area contributed by atoms with Gasteiger partial charge in [-0.05, 0) is 23.3 Å². The second kappa shape index (κ2) is 7.98. The maximum absolute atomic E-state index is 10.7. The van der Waals surface area contributed by atoms with Crippen LogP contribution in [-0.2, 0) is 6.54 Å². The van der Waals surface area contributed by atoms with Crippen LogP contribution in [0.4, 0.5) is 23.0 Å². The summed E-state index contributed by atoms with van der Waals surface area (Å²) in [4.78, 5) is 23.0. The van der Waals surface area contributed by atoms with Crippen molar-refractivity contribution in [3.05, 3.63) is 40.8 Å². The Bertz CT molecular complexity index is 1180. The number of nitrogens with two attached hydrogens (primary N) is 1. The molecule has 0 amide bonds. The monoisotopic (exact) mass is 410 g/mol. The quantitative estimate of drug-likeness (QED) is 0.220. The fourth-order valence-electron chi connectivity index (χ4n) is 3.04. The zero-order chi connectivity index (χ0) is 21.1. The van der Waals surface area contributed by atoms with Crippen molar-refractivity contribution in [3.8, 4) is 11.5 Å². The standard InChI is InChI=1S/C17H18N10O3/c1-2-26-15-11(20-5-6-21-13-4-3-10(7-22-13)27(28)29)8-19-9-12(15)23-17(26)14-16(18)25-30-24-14/h3-4,7-9,20H,2,5-6H2,1H3,(H2,18,25)(H,21,22). The number of nitro groups is 1. The SMILES string of the molecule is CCn1c(-c2nonc2N)nc2cncc(NCCNc3ccc([N+](=O)[O-])cn3)c21. The number of fused-ring (bicyclic) bond motifs is 1. The van der Waals surface area contributed by atoms with Crippen molar-refractivity contribution >= 4 is 34.0 Å². The van der Waals surface area contributed by atoms with Gasteiger partial charge in [-0.25, -0.2) is 14.6 Å². The van der Waals surface area contributed by atoms with Crippen LogP contribution in [0.3, 0.4) is 0 Å². The summed E-state index contributed by atoms with van der Waals surface area (Å²) in [5.41, 5.74) is 8.50. The van der Waals surface area contributed by atoms with Gasteiger partial charge in [-0.1, -0.05) is 0 Å². The Morgan fingerprint density at radius 3 is 2.70 bits per heavy atom. The highest BCUT2D eigenvalue weighted by Gasteiger charge is 2.20. The van der Waals surface area contributed by atoms with Gasteiger partial charge in [-0.2, -0.15) is 0 Å². The molecule has 4 heterocycles. The summed E-state index contributed by atoms with van der Waals surface area (Å²) in [6, 6.07) is 2.97. The molecule has 13 nitrogen and oxygen atoms in total. The summed E-state index contributed by atoms with van der Waals surface area (Å²) in [7, 11) is 0. The molecule has 4 N–H and O–H groups in total. The Kier molecular flexibility index (Phi) is 5.07. The second-order valence-corrected chi connectivity index (χ2v) is 6.24. The molecule has 0 saturated heterocycles. The first-order chi connectivity index (χ1) is 14.6. The molecule has 30 heavy (non-hydrogen) atoms. The van der Waals surface area contributed by atoms with Gasteiger partial charge in [0.25, 0.3) is 5.69 Å². The third kappa shape index (κ3) is 3.55. The first kappa shape index (κ1) is 19.0. The van der Waals surface area contributed by atoms with E-state index < -0.39 is 4.92 Å². The van der Waals surface area contributed by atoms with Gasteiger partial charge in [-0.3, -0.25) is 15.1 Å². The summed E-state index contributed by atoms with van der Waals surface area (Å²) in [6.07, 6.45) is 4.60. The maximum Gasteiger partial charge on any atom is 0.287 e. The number of nitrogens with zero attached hydrogens (tertiary/aromatic N) is 7. The molecule has 0 fully saturated rings. The molecule has 0 aliphatic heterocycles. The normalized spacial score (nSPS) is 11.0. The third-order valence-corrected chi connectivity index (χ3v) is 4.40. The summed E-state index contributed by atoms with van der Waals surface area (Å²) >= 11 is 0. The predicted molar refractivity (Wildman–Crippen MR) is 109 cm³/mol. The molecular weight excluding hydrogens is 392 g/mol. The molecule has 0 atom stereocenters. The molecule has 0 aliphatic carbocycles. The number of aromatic nitrogens is 6. The Morgan fingerprint density at radius 2 is 2.03 bits per heavy atom. The number of pyridine rings is 2. The molecule has 0 aromatic carbocycles. The van der Waals surface area contributed by atoms with Crippen LogP contribution in [0.1, 0.15) is 6.92 Å². The van der Waals surface area contributed by atoms with Gasteiger partial charge >= 0.3 is 0 Å². The number of anilines is 3. The lowest BCUT2D eigenvalue weighted by atomic mass is 10.3. The van der Waals surface area contributed by atoms with Crippen molar-refractivity contribution in [1.82, 2.24) is 29.8 Å². The summed E-state index contributed by atoms with van der Waals surface area (Å²) in [5, 5.41) is 24.6. The van der Waals surface area contributed by atoms with Crippen LogP contribution in [0.25, 0.3) is 22.6 Å². The minimum Gasteiger partial charge on any atom is -0.380 e. The number of nitrogen functional groups attached to an aromatic ring is 1. The predicted octanol–water partition coefficient (Wildman–Crippen LogP) is 1.91. The van der Waals surface area contributed by atoms with Crippen molar-refractivity contribution in [2.45, 2.75) is 13.5 Å². The topological polar surface area (TPSA) is 176 Å². The van der Waals surface area contributed by atoms with Crippen molar-refractivity contribution in [3.63, 3.8) is 0 Å². The van der Waals surface area contributed by atoms with E-state index in [1.54, 1.807) is 18.5 Å². The molecule has 0 saturated carbocycles. The Morgan fingerprint density at radius 1 is 1.20 bits per heavy atom. The number of nitrogens with one attached hydrogen (secondary N) is 2. The third-order valence-electron chi connectivity index (χ3n) is 4.40. The lowest BCUT2D eigenvalue weighted by Gasteiger charge is -2.11. The van der Waals surface area contributed by atoms with Gasteiger partial charge in [0.2, 0.25) is 0 Å². The zero-order valence-electron chi connectivity index (χ0n) is 15.9. The largest absolute Gasteiger partial charge is 0.380 e. The number of rotatable bonds is 8. The summed E-state index contributed by atoms with van der Waals surface area (Å²) in [6.45, 7) is 3.70. The van der Waals surface area contributed by atoms with Crippen molar-refractivity contribution in [1.29, 1.82) is 0 Å². The smallest absolute Gasteiger partial charge is 0.287 e. The molecule has 154 valence electrons. The first-order valence-corrected chi connectivity index (χ1v) is 9.09. The van der Waals surface area contributed by atoms with E-state index in [0.29, 0.717) is 42.5 Å². The molecular formula is C17H18N10O3. The summed E-state index contributed by atoms with van der Waals surface area (Å²) in [5.74, 6) is 1.27. The van der Waals surface area contributed by atoms with Crippen LogP contribution in [-0.4, -0.2) is 47.8 Å². The van der Waals surface area contributed by atoms with Crippen LogP contribution < -0.4 is 16.4 Å². The molecule has 0 spiro atoms. The van der Waals surface area contributed by atoms with E-state index >= 15 is 0 Å². The van der Waals surface area contributed by atoms with Crippen molar-refractivity contribution < 1.29 is 9.55 Å². The highest BCUT2D eigenvalue weighted by atomic mass is 16.6. The molecule has 4 rings (SSSR count). The highest BCUT2D eigenvalue weighted by Crippen LogP contribution is 2.30. The Balaban J connectivity index is 1.50. The molecule has 0 bridgehead atoms. The minimum absolute atomic E-state index is 0.0528. The number of hydrogen-bond acceptors (Lipinski definition) is 11. The van der Waals surface area contributed by atoms with Crippen LogP contribution >= 0.6 is 0 Å². The molecule has 0 unspecified atom stereocenters. The van der Waals surface area contributed by atoms with Gasteiger partial charge in [0.05, 0.1) is 28.5 Å². The molecule has 0 radical (unpaired) electrons. The molecule has 13 heteroatoms. The van der Waals surface area contributed by atoms with E-state index in [0.717, 1.165) is 11.2 Å². The number of aryl methyl sites for hydroxylation is 1. The Hall–Kier alpha value is -4.29. The van der Waals surface area contributed by atoms with Crippen molar-refractivity contribution in [2.75, 3.05) is 29.5 Å². The van der Waals surface area contributed by atoms with Gasteiger partial charge in [0.1, 0.15) is 17.5 Å². The van der Waals surface area contributed by atoms with Gasteiger partial charge in [0.15, 0.2) is 17.3 Å². The summed E-state index contributed by atoms with van der Waals surface area (Å²) < 4.78 is 6.67. The lowest BCUT2D eigenvalue weighted by molar-refractivity contribution is -0.385. The first-order valence-electron chi connectivity index (χ1n) is 9.09. The van der Waals surface area contributed by atoms with Crippen LogP contribution in [0, 0.1) is 10.1 Å².